The van der Waals surface area contributed by atoms with Crippen molar-refractivity contribution in [2.24, 2.45) is 0 Å². The van der Waals surface area contributed by atoms with E-state index in [1.165, 1.54) is 28.7 Å². The molecule has 0 saturated carbocycles. The fourth-order valence-electron chi connectivity index (χ4n) is 1.95. The lowest BCUT2D eigenvalue weighted by Crippen LogP contribution is -2.24. The molecule has 1 atom stereocenters. The number of hydrogen-bond acceptors (Lipinski definition) is 2. The van der Waals surface area contributed by atoms with E-state index in [0.717, 1.165) is 19.5 Å². The third-order valence-electron chi connectivity index (χ3n) is 2.84. The van der Waals surface area contributed by atoms with Crippen LogP contribution in [-0.4, -0.2) is 23.4 Å². The molecule has 2 heterocycles. The van der Waals surface area contributed by atoms with Gasteiger partial charge in [0.1, 0.15) is 0 Å². The summed E-state index contributed by atoms with van der Waals surface area (Å²) < 4.78 is 1.27. The lowest BCUT2D eigenvalue weighted by Gasteiger charge is -2.19. The summed E-state index contributed by atoms with van der Waals surface area (Å²) in [5.74, 6) is 0. The molecule has 1 aromatic rings. The van der Waals surface area contributed by atoms with Gasteiger partial charge in [-0.3, -0.25) is 4.90 Å². The van der Waals surface area contributed by atoms with Crippen LogP contribution in [0.4, 0.5) is 0 Å². The molecular weight excluding hydrogens is 294 g/mol. The Hall–Kier alpha value is 0.430. The minimum Gasteiger partial charge on any atom is -0.299 e. The van der Waals surface area contributed by atoms with Gasteiger partial charge in [0.2, 0.25) is 0 Å². The smallest absolute Gasteiger partial charge is 0.0743 e. The molecule has 1 aliphatic rings. The molecule has 0 amide bonds. The van der Waals surface area contributed by atoms with Crippen molar-refractivity contribution in [2.75, 3.05) is 13.1 Å². The summed E-state index contributed by atoms with van der Waals surface area (Å²) in [5, 5.41) is 2.53. The molecule has 84 valence electrons. The standard InChI is InChI=1S/C11H15BrClNS/c12-11-9(4-7-15-11)8-14-5-1-2-10(13)3-6-14/h4,7,10H,1-3,5-6,8H2. The van der Waals surface area contributed by atoms with E-state index >= 15 is 0 Å². The first-order valence-electron chi connectivity index (χ1n) is 5.34. The van der Waals surface area contributed by atoms with Crippen LogP contribution in [0.2, 0.25) is 0 Å². The van der Waals surface area contributed by atoms with Crippen molar-refractivity contribution in [3.05, 3.63) is 20.8 Å². The van der Waals surface area contributed by atoms with Gasteiger partial charge in [0.15, 0.2) is 0 Å². The largest absolute Gasteiger partial charge is 0.299 e. The van der Waals surface area contributed by atoms with Crippen LogP contribution in [-0.2, 0) is 6.54 Å². The molecule has 2 rings (SSSR count). The van der Waals surface area contributed by atoms with Crippen LogP contribution in [0.5, 0.6) is 0 Å². The Kier molecular flexibility index (Phi) is 4.50. The van der Waals surface area contributed by atoms with E-state index in [9.17, 15) is 0 Å². The zero-order valence-corrected chi connectivity index (χ0v) is 11.7. The van der Waals surface area contributed by atoms with Crippen molar-refractivity contribution in [1.29, 1.82) is 0 Å². The van der Waals surface area contributed by atoms with Crippen LogP contribution >= 0.6 is 38.9 Å². The highest BCUT2D eigenvalue weighted by Crippen LogP contribution is 2.26. The third-order valence-corrected chi connectivity index (χ3v) is 5.09. The van der Waals surface area contributed by atoms with Gasteiger partial charge >= 0.3 is 0 Å². The molecule has 0 aromatic carbocycles. The van der Waals surface area contributed by atoms with E-state index < -0.39 is 0 Å². The van der Waals surface area contributed by atoms with Crippen LogP contribution in [0, 0.1) is 0 Å². The molecule has 0 N–H and O–H groups in total. The first-order chi connectivity index (χ1) is 7.25. The molecule has 0 bridgehead atoms. The molecular formula is C11H15BrClNS. The van der Waals surface area contributed by atoms with Crippen LogP contribution in [0.15, 0.2) is 15.2 Å². The topological polar surface area (TPSA) is 3.24 Å². The Balaban J connectivity index is 1.92. The summed E-state index contributed by atoms with van der Waals surface area (Å²) >= 11 is 11.5. The van der Waals surface area contributed by atoms with E-state index in [4.69, 9.17) is 11.6 Å². The zero-order valence-electron chi connectivity index (χ0n) is 8.59. The Bertz CT molecular complexity index is 315. The van der Waals surface area contributed by atoms with Crippen molar-refractivity contribution in [1.82, 2.24) is 4.90 Å². The number of thiophene rings is 1. The minimum absolute atomic E-state index is 0.390. The monoisotopic (exact) mass is 307 g/mol. The SMILES string of the molecule is ClC1CCCN(Cc2ccsc2Br)CC1. The van der Waals surface area contributed by atoms with Crippen molar-refractivity contribution >= 4 is 38.9 Å². The number of rotatable bonds is 2. The summed E-state index contributed by atoms with van der Waals surface area (Å²) in [6, 6.07) is 2.21. The Morgan fingerprint density at radius 3 is 3.07 bits per heavy atom. The van der Waals surface area contributed by atoms with Crippen molar-refractivity contribution in [2.45, 2.75) is 31.2 Å². The number of nitrogens with zero attached hydrogens (tertiary/aromatic N) is 1. The molecule has 1 aliphatic heterocycles. The van der Waals surface area contributed by atoms with Gasteiger partial charge in [-0.15, -0.1) is 22.9 Å². The molecule has 4 heteroatoms. The number of hydrogen-bond donors (Lipinski definition) is 0. The van der Waals surface area contributed by atoms with Crippen LogP contribution in [0.1, 0.15) is 24.8 Å². The molecule has 1 aromatic heterocycles. The molecule has 1 unspecified atom stereocenters. The molecule has 1 nitrogen and oxygen atoms in total. The average Bonchev–Trinajstić information content (AvgIpc) is 2.48. The Labute approximate surface area is 109 Å². The molecule has 0 aliphatic carbocycles. The van der Waals surface area contributed by atoms with Gasteiger partial charge < -0.3 is 0 Å². The second-order valence-electron chi connectivity index (χ2n) is 4.02. The second-order valence-corrected chi connectivity index (χ2v) is 6.88. The third kappa shape index (κ3) is 3.45. The summed E-state index contributed by atoms with van der Waals surface area (Å²) in [6.07, 6.45) is 3.53. The molecule has 0 spiro atoms. The molecule has 0 radical (unpaired) electrons. The van der Waals surface area contributed by atoms with Gasteiger partial charge in [0, 0.05) is 11.9 Å². The maximum absolute atomic E-state index is 6.17. The predicted octanol–water partition coefficient (Wildman–Crippen LogP) is 4.10. The molecule has 15 heavy (non-hydrogen) atoms. The summed E-state index contributed by atoms with van der Waals surface area (Å²) in [5.41, 5.74) is 1.41. The molecule has 1 saturated heterocycles. The van der Waals surface area contributed by atoms with Crippen LogP contribution in [0.3, 0.4) is 0 Å². The first-order valence-corrected chi connectivity index (χ1v) is 7.45. The van der Waals surface area contributed by atoms with E-state index in [1.807, 2.05) is 0 Å². The summed E-state index contributed by atoms with van der Waals surface area (Å²) in [6.45, 7) is 3.38. The molecule has 1 fully saturated rings. The van der Waals surface area contributed by atoms with Crippen LogP contribution in [0.25, 0.3) is 0 Å². The Morgan fingerprint density at radius 1 is 1.47 bits per heavy atom. The van der Waals surface area contributed by atoms with Crippen molar-refractivity contribution in [3.8, 4) is 0 Å². The maximum atomic E-state index is 6.17. The van der Waals surface area contributed by atoms with Gasteiger partial charge in [-0.25, -0.2) is 0 Å². The Morgan fingerprint density at radius 2 is 2.33 bits per heavy atom. The fraction of sp³-hybridized carbons (Fsp3) is 0.636. The second kappa shape index (κ2) is 5.67. The van der Waals surface area contributed by atoms with E-state index in [-0.39, 0.29) is 0 Å². The van der Waals surface area contributed by atoms with E-state index in [2.05, 4.69) is 32.3 Å². The normalized spacial score (nSPS) is 24.0. The summed E-state index contributed by atoms with van der Waals surface area (Å²) in [7, 11) is 0. The minimum atomic E-state index is 0.390. The number of alkyl halides is 1. The predicted molar refractivity (Wildman–Crippen MR) is 70.8 cm³/mol. The van der Waals surface area contributed by atoms with Gasteiger partial charge in [-0.2, -0.15) is 0 Å². The van der Waals surface area contributed by atoms with Gasteiger partial charge in [0.05, 0.1) is 3.79 Å². The van der Waals surface area contributed by atoms with Gasteiger partial charge in [0.25, 0.3) is 0 Å². The summed E-state index contributed by atoms with van der Waals surface area (Å²) in [4.78, 5) is 2.51. The maximum Gasteiger partial charge on any atom is 0.0743 e. The van der Waals surface area contributed by atoms with Gasteiger partial charge in [-0.1, -0.05) is 0 Å². The highest BCUT2D eigenvalue weighted by atomic mass is 79.9. The highest BCUT2D eigenvalue weighted by Gasteiger charge is 2.15. The van der Waals surface area contributed by atoms with Gasteiger partial charge in [-0.05, 0) is 65.3 Å². The quantitative estimate of drug-likeness (QED) is 0.743. The lowest BCUT2D eigenvalue weighted by molar-refractivity contribution is 0.277. The van der Waals surface area contributed by atoms with Crippen molar-refractivity contribution < 1.29 is 0 Å². The number of halogens is 2. The van der Waals surface area contributed by atoms with E-state index in [0.29, 0.717) is 5.38 Å². The highest BCUT2D eigenvalue weighted by molar-refractivity contribution is 9.11. The zero-order chi connectivity index (χ0) is 10.7. The number of likely N-dealkylation sites (tertiary alicyclic amines) is 1. The van der Waals surface area contributed by atoms with Crippen molar-refractivity contribution in [3.63, 3.8) is 0 Å². The lowest BCUT2D eigenvalue weighted by atomic mass is 10.2. The van der Waals surface area contributed by atoms with Crippen LogP contribution < -0.4 is 0 Å². The first kappa shape index (κ1) is 11.9. The fourth-order valence-corrected chi connectivity index (χ4v) is 3.42. The van der Waals surface area contributed by atoms with E-state index in [1.54, 1.807) is 11.3 Å². The average molecular weight is 309 g/mol.